The maximum atomic E-state index is 10.4. The molecule has 1 aliphatic carbocycles. The topological polar surface area (TPSA) is 67.5 Å². The highest BCUT2D eigenvalue weighted by Gasteiger charge is 2.15. The van der Waals surface area contributed by atoms with Crippen molar-refractivity contribution in [2.75, 3.05) is 0 Å². The SMILES string of the molecule is C[C@@H]1CCCC/C1=N/NC(N)=O. The third-order valence-corrected chi connectivity index (χ3v) is 2.20. The average molecular weight is 169 g/mol. The number of urea groups is 1. The van der Waals surface area contributed by atoms with Gasteiger partial charge in [0.2, 0.25) is 0 Å². The Kier molecular flexibility index (Phi) is 3.08. The molecule has 0 heterocycles. The minimum Gasteiger partial charge on any atom is -0.350 e. The molecule has 0 unspecified atom stereocenters. The Bertz CT molecular complexity index is 200. The summed E-state index contributed by atoms with van der Waals surface area (Å²) < 4.78 is 0. The molecule has 2 amide bonds. The van der Waals surface area contributed by atoms with Crippen LogP contribution in [0.1, 0.15) is 32.6 Å². The highest BCUT2D eigenvalue weighted by molar-refractivity contribution is 5.88. The Labute approximate surface area is 72.2 Å². The van der Waals surface area contributed by atoms with Crippen LogP contribution in [-0.2, 0) is 0 Å². The van der Waals surface area contributed by atoms with E-state index in [0.29, 0.717) is 5.92 Å². The van der Waals surface area contributed by atoms with E-state index in [1.54, 1.807) is 0 Å². The molecular formula is C8H15N3O. The first-order valence-electron chi connectivity index (χ1n) is 4.32. The van der Waals surface area contributed by atoms with E-state index in [-0.39, 0.29) is 0 Å². The van der Waals surface area contributed by atoms with Gasteiger partial charge in [0.1, 0.15) is 0 Å². The number of rotatable bonds is 1. The van der Waals surface area contributed by atoms with Crippen LogP contribution in [-0.4, -0.2) is 11.7 Å². The number of carbonyl (C=O) groups excluding carboxylic acids is 1. The number of hydrogen-bond acceptors (Lipinski definition) is 2. The second-order valence-corrected chi connectivity index (χ2v) is 3.23. The molecule has 0 aliphatic heterocycles. The van der Waals surface area contributed by atoms with Gasteiger partial charge >= 0.3 is 6.03 Å². The van der Waals surface area contributed by atoms with Gasteiger partial charge in [0.05, 0.1) is 0 Å². The second-order valence-electron chi connectivity index (χ2n) is 3.23. The number of hydrazone groups is 1. The van der Waals surface area contributed by atoms with E-state index in [2.05, 4.69) is 17.5 Å². The third kappa shape index (κ3) is 2.53. The summed E-state index contributed by atoms with van der Waals surface area (Å²) in [5, 5.41) is 3.96. The van der Waals surface area contributed by atoms with Crippen molar-refractivity contribution in [2.45, 2.75) is 32.6 Å². The zero-order valence-corrected chi connectivity index (χ0v) is 7.34. The summed E-state index contributed by atoms with van der Waals surface area (Å²) in [5.41, 5.74) is 8.24. The van der Waals surface area contributed by atoms with Gasteiger partial charge in [0.25, 0.3) is 0 Å². The molecule has 3 N–H and O–H groups in total. The van der Waals surface area contributed by atoms with Crippen molar-refractivity contribution in [1.29, 1.82) is 0 Å². The van der Waals surface area contributed by atoms with E-state index in [0.717, 1.165) is 12.1 Å². The molecule has 1 rings (SSSR count). The number of nitrogens with zero attached hydrogens (tertiary/aromatic N) is 1. The predicted octanol–water partition coefficient (Wildman–Crippen LogP) is 1.22. The van der Waals surface area contributed by atoms with E-state index in [9.17, 15) is 4.79 Å². The van der Waals surface area contributed by atoms with Gasteiger partial charge in [-0.2, -0.15) is 5.10 Å². The Balaban J connectivity index is 2.47. The van der Waals surface area contributed by atoms with Crippen LogP contribution in [0.25, 0.3) is 0 Å². The van der Waals surface area contributed by atoms with Crippen LogP contribution >= 0.6 is 0 Å². The van der Waals surface area contributed by atoms with Crippen molar-refractivity contribution in [1.82, 2.24) is 5.43 Å². The van der Waals surface area contributed by atoms with Crippen LogP contribution < -0.4 is 11.2 Å². The van der Waals surface area contributed by atoms with Gasteiger partial charge in [0, 0.05) is 5.71 Å². The minimum absolute atomic E-state index is 0.491. The van der Waals surface area contributed by atoms with Crippen molar-refractivity contribution in [3.63, 3.8) is 0 Å². The van der Waals surface area contributed by atoms with Crippen LogP contribution in [0.3, 0.4) is 0 Å². The van der Waals surface area contributed by atoms with Gasteiger partial charge in [-0.25, -0.2) is 10.2 Å². The summed E-state index contributed by atoms with van der Waals surface area (Å²) in [7, 11) is 0. The Morgan fingerprint density at radius 3 is 3.00 bits per heavy atom. The molecule has 1 aliphatic rings. The van der Waals surface area contributed by atoms with E-state index in [1.165, 1.54) is 19.3 Å². The molecule has 1 atom stereocenters. The number of carbonyl (C=O) groups is 1. The molecule has 0 radical (unpaired) electrons. The lowest BCUT2D eigenvalue weighted by atomic mass is 9.89. The summed E-state index contributed by atoms with van der Waals surface area (Å²) >= 11 is 0. The number of nitrogens with one attached hydrogen (secondary N) is 1. The number of primary amides is 1. The summed E-state index contributed by atoms with van der Waals surface area (Å²) in [5.74, 6) is 0.491. The highest BCUT2D eigenvalue weighted by atomic mass is 16.2. The summed E-state index contributed by atoms with van der Waals surface area (Å²) in [6, 6.07) is -0.583. The van der Waals surface area contributed by atoms with Crippen LogP contribution in [0.5, 0.6) is 0 Å². The van der Waals surface area contributed by atoms with Crippen LogP contribution in [0.15, 0.2) is 5.10 Å². The molecule has 0 spiro atoms. The first-order valence-corrected chi connectivity index (χ1v) is 4.32. The minimum atomic E-state index is -0.583. The van der Waals surface area contributed by atoms with Gasteiger partial charge in [0.15, 0.2) is 0 Å². The number of amides is 2. The van der Waals surface area contributed by atoms with Crippen LogP contribution in [0.2, 0.25) is 0 Å². The van der Waals surface area contributed by atoms with Crippen molar-refractivity contribution >= 4 is 11.7 Å². The molecule has 4 nitrogen and oxygen atoms in total. The molecule has 68 valence electrons. The Morgan fingerprint density at radius 1 is 1.67 bits per heavy atom. The maximum absolute atomic E-state index is 10.4. The second kappa shape index (κ2) is 4.09. The highest BCUT2D eigenvalue weighted by Crippen LogP contribution is 2.20. The molecule has 0 saturated heterocycles. The van der Waals surface area contributed by atoms with Crippen molar-refractivity contribution < 1.29 is 4.79 Å². The lowest BCUT2D eigenvalue weighted by Gasteiger charge is -2.19. The molecule has 4 heteroatoms. The number of hydrogen-bond donors (Lipinski definition) is 2. The van der Waals surface area contributed by atoms with Crippen molar-refractivity contribution in [3.05, 3.63) is 0 Å². The van der Waals surface area contributed by atoms with Crippen LogP contribution in [0, 0.1) is 5.92 Å². The van der Waals surface area contributed by atoms with E-state index in [4.69, 9.17) is 5.73 Å². The smallest absolute Gasteiger partial charge is 0.332 e. The van der Waals surface area contributed by atoms with Gasteiger partial charge in [-0.15, -0.1) is 0 Å². The molecular weight excluding hydrogens is 154 g/mol. The summed E-state index contributed by atoms with van der Waals surface area (Å²) in [6.45, 7) is 2.13. The first-order chi connectivity index (χ1) is 5.70. The zero-order chi connectivity index (χ0) is 8.97. The van der Waals surface area contributed by atoms with Crippen molar-refractivity contribution in [3.8, 4) is 0 Å². The lowest BCUT2D eigenvalue weighted by molar-refractivity contribution is 0.249. The quantitative estimate of drug-likeness (QED) is 0.569. The lowest BCUT2D eigenvalue weighted by Crippen LogP contribution is -2.28. The molecule has 0 aromatic rings. The first kappa shape index (κ1) is 9.03. The Hall–Kier alpha value is -1.06. The van der Waals surface area contributed by atoms with Gasteiger partial charge < -0.3 is 5.73 Å². The molecule has 12 heavy (non-hydrogen) atoms. The van der Waals surface area contributed by atoms with Gasteiger partial charge in [-0.1, -0.05) is 13.3 Å². The standard InChI is InChI=1S/C8H15N3O/c1-6-4-2-3-5-7(6)10-11-8(9)12/h6H,2-5H2,1H3,(H3,9,11,12)/b10-7-/t6-/m1/s1. The molecule has 1 saturated carbocycles. The van der Waals surface area contributed by atoms with E-state index >= 15 is 0 Å². The molecule has 0 aromatic heterocycles. The zero-order valence-electron chi connectivity index (χ0n) is 7.34. The number of nitrogens with two attached hydrogens (primary N) is 1. The molecule has 1 fully saturated rings. The van der Waals surface area contributed by atoms with Gasteiger partial charge in [-0.05, 0) is 25.2 Å². The monoisotopic (exact) mass is 169 g/mol. The summed E-state index contributed by atoms with van der Waals surface area (Å²) in [4.78, 5) is 10.4. The maximum Gasteiger partial charge on any atom is 0.332 e. The predicted molar refractivity (Wildman–Crippen MR) is 47.8 cm³/mol. The van der Waals surface area contributed by atoms with E-state index in [1.807, 2.05) is 0 Å². The summed E-state index contributed by atoms with van der Waals surface area (Å²) in [6.07, 6.45) is 4.58. The largest absolute Gasteiger partial charge is 0.350 e. The van der Waals surface area contributed by atoms with Crippen LogP contribution in [0.4, 0.5) is 4.79 Å². The molecule has 0 bridgehead atoms. The van der Waals surface area contributed by atoms with Gasteiger partial charge in [-0.3, -0.25) is 0 Å². The van der Waals surface area contributed by atoms with E-state index < -0.39 is 6.03 Å². The van der Waals surface area contributed by atoms with Crippen molar-refractivity contribution in [2.24, 2.45) is 16.8 Å². The fourth-order valence-electron chi connectivity index (χ4n) is 1.46. The Morgan fingerprint density at radius 2 is 2.42 bits per heavy atom. The fraction of sp³-hybridized carbons (Fsp3) is 0.750. The molecule has 0 aromatic carbocycles. The average Bonchev–Trinajstić information content (AvgIpc) is 2.03. The normalized spacial score (nSPS) is 27.1. The third-order valence-electron chi connectivity index (χ3n) is 2.20. The fourth-order valence-corrected chi connectivity index (χ4v) is 1.46.